The number of esters is 1. The van der Waals surface area contributed by atoms with Crippen LogP contribution in [-0.2, 0) is 9.53 Å². The zero-order valence-corrected chi connectivity index (χ0v) is 17.6. The lowest BCUT2D eigenvalue weighted by Crippen LogP contribution is -2.52. The van der Waals surface area contributed by atoms with Crippen molar-refractivity contribution in [2.75, 3.05) is 0 Å². The standard InChI is InChI=1S/C24H38O2/c1-15-10-12-23(4)18(14-15)6-7-19-21-9-8-20(16(2)26-17(3)25)24(21,5)13-11-22(19)23/h15,18-19,21-22H,6-14H2,1-5H3/b20-16+/t15-,18?,19?,21?,22?,23?,24?/m0/s1. The van der Waals surface area contributed by atoms with Gasteiger partial charge in [0.2, 0.25) is 0 Å². The molecule has 0 aromatic rings. The highest BCUT2D eigenvalue weighted by atomic mass is 16.5. The van der Waals surface area contributed by atoms with E-state index in [-0.39, 0.29) is 11.4 Å². The van der Waals surface area contributed by atoms with Gasteiger partial charge in [-0.05, 0) is 104 Å². The van der Waals surface area contributed by atoms with E-state index >= 15 is 0 Å². The number of rotatable bonds is 1. The normalized spacial score (nSPS) is 49.7. The van der Waals surface area contributed by atoms with Gasteiger partial charge < -0.3 is 4.74 Å². The van der Waals surface area contributed by atoms with Crippen LogP contribution in [0.15, 0.2) is 11.3 Å². The van der Waals surface area contributed by atoms with Crippen LogP contribution in [0.4, 0.5) is 0 Å². The maximum absolute atomic E-state index is 11.5. The third-order valence-electron chi connectivity index (χ3n) is 9.43. The summed E-state index contributed by atoms with van der Waals surface area (Å²) in [5.74, 6) is 5.28. The monoisotopic (exact) mass is 358 g/mol. The van der Waals surface area contributed by atoms with Crippen LogP contribution in [0.2, 0.25) is 0 Å². The average molecular weight is 359 g/mol. The van der Waals surface area contributed by atoms with Crippen LogP contribution in [0.3, 0.4) is 0 Å². The van der Waals surface area contributed by atoms with Crippen molar-refractivity contribution in [2.45, 2.75) is 92.4 Å². The van der Waals surface area contributed by atoms with Crippen molar-refractivity contribution in [3.8, 4) is 0 Å². The smallest absolute Gasteiger partial charge is 0.307 e. The Labute approximate surface area is 160 Å². The summed E-state index contributed by atoms with van der Waals surface area (Å²) >= 11 is 0. The molecule has 0 heterocycles. The predicted molar refractivity (Wildman–Crippen MR) is 105 cm³/mol. The van der Waals surface area contributed by atoms with Crippen LogP contribution in [0, 0.1) is 40.4 Å². The van der Waals surface area contributed by atoms with Crippen LogP contribution in [0.1, 0.15) is 92.4 Å². The first-order valence-electron chi connectivity index (χ1n) is 11.1. The van der Waals surface area contributed by atoms with Gasteiger partial charge in [0, 0.05) is 6.92 Å². The second-order valence-corrected chi connectivity index (χ2v) is 10.7. The Morgan fingerprint density at radius 3 is 2.50 bits per heavy atom. The van der Waals surface area contributed by atoms with E-state index in [0.717, 1.165) is 41.8 Å². The predicted octanol–water partition coefficient (Wildman–Crippen LogP) is 6.50. The summed E-state index contributed by atoms with van der Waals surface area (Å²) in [7, 11) is 0. The first-order chi connectivity index (χ1) is 12.3. The average Bonchev–Trinajstić information content (AvgIpc) is 2.92. The van der Waals surface area contributed by atoms with Gasteiger partial charge in [-0.25, -0.2) is 0 Å². The summed E-state index contributed by atoms with van der Waals surface area (Å²) in [5, 5.41) is 0. The number of hydrogen-bond acceptors (Lipinski definition) is 2. The van der Waals surface area contributed by atoms with Crippen molar-refractivity contribution in [1.29, 1.82) is 0 Å². The highest BCUT2D eigenvalue weighted by Crippen LogP contribution is 2.67. The Kier molecular flexibility index (Phi) is 4.56. The number of carbonyl (C=O) groups excluding carboxylic acids is 1. The molecule has 26 heavy (non-hydrogen) atoms. The Morgan fingerprint density at radius 1 is 1.00 bits per heavy atom. The fraction of sp³-hybridized carbons (Fsp3) is 0.875. The van der Waals surface area contributed by atoms with E-state index in [1.54, 1.807) is 0 Å². The summed E-state index contributed by atoms with van der Waals surface area (Å²) in [6.07, 6.45) is 12.4. The number of ether oxygens (including phenoxy) is 1. The van der Waals surface area contributed by atoms with Gasteiger partial charge in [0.1, 0.15) is 5.76 Å². The summed E-state index contributed by atoms with van der Waals surface area (Å²) in [6, 6.07) is 0. The fourth-order valence-electron chi connectivity index (χ4n) is 8.14. The van der Waals surface area contributed by atoms with Crippen molar-refractivity contribution >= 4 is 5.97 Å². The number of fused-ring (bicyclic) bond motifs is 5. The van der Waals surface area contributed by atoms with Gasteiger partial charge in [0.05, 0.1) is 0 Å². The summed E-state index contributed by atoms with van der Waals surface area (Å²) in [5.41, 5.74) is 2.32. The van der Waals surface area contributed by atoms with Crippen LogP contribution in [0.5, 0.6) is 0 Å². The molecule has 4 aliphatic rings. The second kappa shape index (κ2) is 6.38. The molecule has 0 spiro atoms. The quantitative estimate of drug-likeness (QED) is 0.395. The zero-order valence-electron chi connectivity index (χ0n) is 17.6. The van der Waals surface area contributed by atoms with Gasteiger partial charge in [-0.2, -0.15) is 0 Å². The first kappa shape index (κ1) is 18.6. The summed E-state index contributed by atoms with van der Waals surface area (Å²) < 4.78 is 5.54. The Morgan fingerprint density at radius 2 is 1.77 bits per heavy atom. The second-order valence-electron chi connectivity index (χ2n) is 10.7. The largest absolute Gasteiger partial charge is 0.432 e. The highest BCUT2D eigenvalue weighted by Gasteiger charge is 2.59. The van der Waals surface area contributed by atoms with Crippen molar-refractivity contribution < 1.29 is 9.53 Å². The van der Waals surface area contributed by atoms with E-state index in [9.17, 15) is 4.79 Å². The molecule has 0 N–H and O–H groups in total. The van der Waals surface area contributed by atoms with E-state index in [0.29, 0.717) is 5.41 Å². The third kappa shape index (κ3) is 2.69. The number of hydrogen-bond donors (Lipinski definition) is 0. The molecule has 0 aromatic carbocycles. The minimum atomic E-state index is -0.167. The molecule has 7 atom stereocenters. The van der Waals surface area contributed by atoms with Gasteiger partial charge in [-0.15, -0.1) is 0 Å². The van der Waals surface area contributed by atoms with E-state index in [4.69, 9.17) is 4.74 Å². The molecule has 146 valence electrons. The molecule has 0 aromatic heterocycles. The minimum Gasteiger partial charge on any atom is -0.432 e. The molecule has 0 bridgehead atoms. The fourth-order valence-corrected chi connectivity index (χ4v) is 8.14. The topological polar surface area (TPSA) is 26.3 Å². The van der Waals surface area contributed by atoms with E-state index < -0.39 is 0 Å². The number of carbonyl (C=O) groups is 1. The molecule has 0 aliphatic heterocycles. The molecule has 2 nitrogen and oxygen atoms in total. The number of allylic oxidation sites excluding steroid dienone is 2. The summed E-state index contributed by atoms with van der Waals surface area (Å²) in [4.78, 5) is 11.5. The molecule has 2 heteroatoms. The minimum absolute atomic E-state index is 0.167. The molecule has 4 aliphatic carbocycles. The van der Waals surface area contributed by atoms with Gasteiger partial charge in [-0.3, -0.25) is 4.79 Å². The van der Waals surface area contributed by atoms with Crippen LogP contribution in [0.25, 0.3) is 0 Å². The van der Waals surface area contributed by atoms with E-state index in [2.05, 4.69) is 20.8 Å². The van der Waals surface area contributed by atoms with Crippen molar-refractivity contribution in [2.24, 2.45) is 40.4 Å². The molecule has 0 amide bonds. The molecular formula is C24H38O2. The van der Waals surface area contributed by atoms with Crippen molar-refractivity contribution in [1.82, 2.24) is 0 Å². The van der Waals surface area contributed by atoms with Crippen LogP contribution >= 0.6 is 0 Å². The molecule has 4 fully saturated rings. The maximum atomic E-state index is 11.5. The maximum Gasteiger partial charge on any atom is 0.307 e. The van der Waals surface area contributed by atoms with Gasteiger partial charge in [0.15, 0.2) is 0 Å². The Balaban J connectivity index is 1.61. The highest BCUT2D eigenvalue weighted by molar-refractivity contribution is 5.67. The summed E-state index contributed by atoms with van der Waals surface area (Å²) in [6.45, 7) is 11.2. The molecular weight excluding hydrogens is 320 g/mol. The molecule has 0 radical (unpaired) electrons. The van der Waals surface area contributed by atoms with Gasteiger partial charge in [0.25, 0.3) is 0 Å². The van der Waals surface area contributed by atoms with Crippen LogP contribution in [-0.4, -0.2) is 5.97 Å². The lowest BCUT2D eigenvalue weighted by Gasteiger charge is -2.60. The van der Waals surface area contributed by atoms with Gasteiger partial charge >= 0.3 is 5.97 Å². The van der Waals surface area contributed by atoms with Gasteiger partial charge in [-0.1, -0.05) is 27.2 Å². The van der Waals surface area contributed by atoms with Crippen molar-refractivity contribution in [3.05, 3.63) is 11.3 Å². The Hall–Kier alpha value is -0.790. The van der Waals surface area contributed by atoms with E-state index in [1.807, 2.05) is 6.92 Å². The Bertz CT molecular complexity index is 620. The first-order valence-corrected chi connectivity index (χ1v) is 11.1. The lowest BCUT2D eigenvalue weighted by molar-refractivity contribution is -0.137. The SMILES string of the molecule is CC(=O)O/C(C)=C1\CCC2C3CCC4C[C@@H](C)CCC4(C)C3CCC12C. The lowest BCUT2D eigenvalue weighted by atomic mass is 9.44. The van der Waals surface area contributed by atoms with E-state index in [1.165, 1.54) is 63.9 Å². The zero-order chi connectivity index (χ0) is 18.7. The molecule has 0 saturated heterocycles. The van der Waals surface area contributed by atoms with Crippen LogP contribution < -0.4 is 0 Å². The van der Waals surface area contributed by atoms with Crippen molar-refractivity contribution in [3.63, 3.8) is 0 Å². The molecule has 4 saturated carbocycles. The molecule has 6 unspecified atom stereocenters. The third-order valence-corrected chi connectivity index (χ3v) is 9.43. The molecule has 4 rings (SSSR count).